The molecule has 2 aromatic rings. The highest BCUT2D eigenvalue weighted by Crippen LogP contribution is 2.21. The summed E-state index contributed by atoms with van der Waals surface area (Å²) in [6, 6.07) is 10.4. The lowest BCUT2D eigenvalue weighted by Gasteiger charge is -2.28. The van der Waals surface area contributed by atoms with Crippen molar-refractivity contribution in [3.8, 4) is 5.75 Å². The lowest BCUT2D eigenvalue weighted by Crippen LogP contribution is -2.39. The number of thiocarbonyl (C=S) groups is 1. The standard InChI is InChI=1S/C18H20F2N2O2S2/c19-17(20)24-14-7-5-13(6-8-14)21-18(25)22(11-15-3-1-9-23-15)12-16-4-2-10-26-16/h2,4-8,10,15,17H,1,3,9,11-12H2,(H,21,25)/t15-/m0/s1. The molecule has 1 N–H and O–H groups in total. The normalized spacial score (nSPS) is 16.7. The summed E-state index contributed by atoms with van der Waals surface area (Å²) < 4.78 is 34.6. The fourth-order valence-corrected chi connectivity index (χ4v) is 3.74. The van der Waals surface area contributed by atoms with Crippen molar-refractivity contribution in [2.24, 2.45) is 0 Å². The van der Waals surface area contributed by atoms with Crippen LogP contribution in [0.2, 0.25) is 0 Å². The molecule has 0 bridgehead atoms. The Bertz CT molecular complexity index is 690. The minimum Gasteiger partial charge on any atom is -0.435 e. The molecule has 8 heteroatoms. The third-order valence-corrected chi connectivity index (χ3v) is 5.21. The molecule has 0 saturated carbocycles. The van der Waals surface area contributed by atoms with E-state index in [4.69, 9.17) is 17.0 Å². The van der Waals surface area contributed by atoms with Crippen LogP contribution < -0.4 is 10.1 Å². The fourth-order valence-electron chi connectivity index (χ4n) is 2.77. The van der Waals surface area contributed by atoms with E-state index in [1.807, 2.05) is 11.4 Å². The molecule has 1 atom stereocenters. The molecule has 0 radical (unpaired) electrons. The Morgan fingerprint density at radius 2 is 2.15 bits per heavy atom. The van der Waals surface area contributed by atoms with Crippen LogP contribution in [0.25, 0.3) is 0 Å². The Balaban J connectivity index is 1.63. The monoisotopic (exact) mass is 398 g/mol. The van der Waals surface area contributed by atoms with E-state index in [9.17, 15) is 8.78 Å². The van der Waals surface area contributed by atoms with Crippen molar-refractivity contribution in [1.82, 2.24) is 4.90 Å². The van der Waals surface area contributed by atoms with Crippen molar-refractivity contribution in [3.05, 3.63) is 46.7 Å². The summed E-state index contributed by atoms with van der Waals surface area (Å²) in [5, 5.41) is 5.79. The maximum atomic E-state index is 12.2. The van der Waals surface area contributed by atoms with Crippen molar-refractivity contribution in [1.29, 1.82) is 0 Å². The number of ether oxygens (including phenoxy) is 2. The van der Waals surface area contributed by atoms with E-state index < -0.39 is 6.61 Å². The molecule has 1 aliphatic rings. The van der Waals surface area contributed by atoms with Gasteiger partial charge in [0, 0.05) is 23.7 Å². The van der Waals surface area contributed by atoms with Crippen LogP contribution >= 0.6 is 23.6 Å². The van der Waals surface area contributed by atoms with Gasteiger partial charge in [0.05, 0.1) is 12.6 Å². The van der Waals surface area contributed by atoms with Crippen LogP contribution in [0.15, 0.2) is 41.8 Å². The number of halogens is 2. The molecule has 3 rings (SSSR count). The molecule has 140 valence electrons. The Labute approximate surface area is 160 Å². The number of hydrogen-bond donors (Lipinski definition) is 1. The molecular formula is C18H20F2N2O2S2. The van der Waals surface area contributed by atoms with Crippen molar-refractivity contribution in [2.45, 2.75) is 32.1 Å². The van der Waals surface area contributed by atoms with Gasteiger partial charge in [0.15, 0.2) is 5.11 Å². The predicted octanol–water partition coefficient (Wildman–Crippen LogP) is 4.73. The zero-order valence-electron chi connectivity index (χ0n) is 14.1. The first-order valence-corrected chi connectivity index (χ1v) is 9.64. The van der Waals surface area contributed by atoms with Crippen LogP contribution in [0.3, 0.4) is 0 Å². The maximum absolute atomic E-state index is 12.2. The summed E-state index contributed by atoms with van der Waals surface area (Å²) in [6.45, 7) is -0.613. The Hall–Kier alpha value is -1.77. The van der Waals surface area contributed by atoms with Crippen molar-refractivity contribution >= 4 is 34.4 Å². The van der Waals surface area contributed by atoms with Gasteiger partial charge in [-0.25, -0.2) is 0 Å². The fraction of sp³-hybridized carbons (Fsp3) is 0.389. The van der Waals surface area contributed by atoms with Gasteiger partial charge in [-0.05, 0) is 60.8 Å². The molecule has 0 amide bonds. The van der Waals surface area contributed by atoms with E-state index in [2.05, 4.69) is 21.0 Å². The first kappa shape index (κ1) is 19.0. The molecular weight excluding hydrogens is 378 g/mol. The quantitative estimate of drug-likeness (QED) is 0.682. The van der Waals surface area contributed by atoms with Gasteiger partial charge in [0.25, 0.3) is 0 Å². The number of rotatable bonds is 7. The zero-order chi connectivity index (χ0) is 18.4. The lowest BCUT2D eigenvalue weighted by atomic mass is 10.2. The second kappa shape index (κ2) is 9.25. The van der Waals surface area contributed by atoms with Crippen LogP contribution in [-0.4, -0.2) is 35.9 Å². The molecule has 1 aromatic heterocycles. The summed E-state index contributed by atoms with van der Waals surface area (Å²) in [5.41, 5.74) is 0.722. The number of alkyl halides is 2. The summed E-state index contributed by atoms with van der Waals surface area (Å²) in [5.74, 6) is 0.117. The Morgan fingerprint density at radius 3 is 2.77 bits per heavy atom. The Morgan fingerprint density at radius 1 is 1.35 bits per heavy atom. The third kappa shape index (κ3) is 5.62. The Kier molecular flexibility index (Phi) is 6.76. The topological polar surface area (TPSA) is 33.7 Å². The number of thiophene rings is 1. The van der Waals surface area contributed by atoms with Gasteiger partial charge in [-0.1, -0.05) is 6.07 Å². The molecule has 0 spiro atoms. The van der Waals surface area contributed by atoms with Crippen LogP contribution in [0.1, 0.15) is 17.7 Å². The van der Waals surface area contributed by atoms with Gasteiger partial charge >= 0.3 is 6.61 Å². The number of anilines is 1. The van der Waals surface area contributed by atoms with E-state index in [-0.39, 0.29) is 11.9 Å². The molecule has 2 heterocycles. The second-order valence-corrected chi connectivity index (χ2v) is 7.35. The molecule has 1 saturated heterocycles. The van der Waals surface area contributed by atoms with Crippen LogP contribution in [0.5, 0.6) is 5.75 Å². The minimum atomic E-state index is -2.83. The molecule has 1 fully saturated rings. The van der Waals surface area contributed by atoms with Crippen LogP contribution in [0, 0.1) is 0 Å². The van der Waals surface area contributed by atoms with Crippen molar-refractivity contribution < 1.29 is 18.3 Å². The van der Waals surface area contributed by atoms with Gasteiger partial charge in [0.2, 0.25) is 0 Å². The highest BCUT2D eigenvalue weighted by molar-refractivity contribution is 7.80. The summed E-state index contributed by atoms with van der Waals surface area (Å²) in [4.78, 5) is 3.30. The van der Waals surface area contributed by atoms with E-state index in [1.54, 1.807) is 23.5 Å². The number of benzene rings is 1. The molecule has 26 heavy (non-hydrogen) atoms. The molecule has 0 aliphatic carbocycles. The average molecular weight is 399 g/mol. The van der Waals surface area contributed by atoms with Crippen LogP contribution in [0.4, 0.5) is 14.5 Å². The first-order chi connectivity index (χ1) is 12.6. The minimum absolute atomic E-state index is 0.117. The first-order valence-electron chi connectivity index (χ1n) is 8.35. The third-order valence-electron chi connectivity index (χ3n) is 3.99. The summed E-state index contributed by atoms with van der Waals surface area (Å²) in [7, 11) is 0. The van der Waals surface area contributed by atoms with Gasteiger partial charge in [-0.3, -0.25) is 0 Å². The second-order valence-electron chi connectivity index (χ2n) is 5.93. The van der Waals surface area contributed by atoms with Gasteiger partial charge in [0.1, 0.15) is 5.75 Å². The number of nitrogens with zero attached hydrogens (tertiary/aromatic N) is 1. The molecule has 0 unspecified atom stereocenters. The SMILES string of the molecule is FC(F)Oc1ccc(NC(=S)N(Cc2cccs2)C[C@@H]2CCCO2)cc1. The zero-order valence-corrected chi connectivity index (χ0v) is 15.7. The molecule has 1 aliphatic heterocycles. The maximum Gasteiger partial charge on any atom is 0.387 e. The lowest BCUT2D eigenvalue weighted by molar-refractivity contribution is -0.0498. The van der Waals surface area contributed by atoms with Crippen LogP contribution in [-0.2, 0) is 11.3 Å². The van der Waals surface area contributed by atoms with E-state index in [1.165, 1.54) is 17.0 Å². The summed E-state index contributed by atoms with van der Waals surface area (Å²) >= 11 is 7.26. The average Bonchev–Trinajstić information content (AvgIpc) is 3.29. The largest absolute Gasteiger partial charge is 0.435 e. The van der Waals surface area contributed by atoms with Crippen molar-refractivity contribution in [3.63, 3.8) is 0 Å². The van der Waals surface area contributed by atoms with E-state index in [0.717, 1.165) is 31.7 Å². The predicted molar refractivity (Wildman–Crippen MR) is 103 cm³/mol. The molecule has 1 aromatic carbocycles. The van der Waals surface area contributed by atoms with Gasteiger partial charge < -0.3 is 19.7 Å². The smallest absolute Gasteiger partial charge is 0.387 e. The van der Waals surface area contributed by atoms with E-state index in [0.29, 0.717) is 11.7 Å². The van der Waals surface area contributed by atoms with Gasteiger partial charge in [-0.15, -0.1) is 11.3 Å². The molecule has 4 nitrogen and oxygen atoms in total. The highest BCUT2D eigenvalue weighted by atomic mass is 32.1. The highest BCUT2D eigenvalue weighted by Gasteiger charge is 2.21. The number of hydrogen-bond acceptors (Lipinski definition) is 4. The number of nitrogens with one attached hydrogen (secondary N) is 1. The summed E-state index contributed by atoms with van der Waals surface area (Å²) in [6.07, 6.45) is 2.28. The van der Waals surface area contributed by atoms with Gasteiger partial charge in [-0.2, -0.15) is 8.78 Å². The van der Waals surface area contributed by atoms with Crippen molar-refractivity contribution in [2.75, 3.05) is 18.5 Å². The van der Waals surface area contributed by atoms with E-state index >= 15 is 0 Å².